The molecule has 2 aromatic carbocycles. The Morgan fingerprint density at radius 3 is 2.80 bits per heavy atom. The number of nitrogens with one attached hydrogen (secondary N) is 1. The van der Waals surface area contributed by atoms with E-state index in [1.54, 1.807) is 36.4 Å². The first-order valence-electron chi connectivity index (χ1n) is 7.12. The first kappa shape index (κ1) is 16.1. The summed E-state index contributed by atoms with van der Waals surface area (Å²) in [7, 11) is 0. The molecule has 5 nitrogen and oxygen atoms in total. The van der Waals surface area contributed by atoms with E-state index in [-0.39, 0.29) is 5.56 Å². The summed E-state index contributed by atoms with van der Waals surface area (Å²) >= 11 is 13.3. The number of carbonyl (C=O) groups is 1. The van der Waals surface area contributed by atoms with Crippen molar-refractivity contribution in [2.24, 2.45) is 0 Å². The highest BCUT2D eigenvalue weighted by molar-refractivity contribution is 7.22. The second-order valence-corrected chi connectivity index (χ2v) is 6.98. The van der Waals surface area contributed by atoms with Crippen LogP contribution >= 0.6 is 34.5 Å². The number of nitrogens with zero attached hydrogens (tertiary/aromatic N) is 1. The predicted molar refractivity (Wildman–Crippen MR) is 100 cm³/mol. The highest BCUT2D eigenvalue weighted by atomic mass is 35.5. The van der Waals surface area contributed by atoms with Crippen molar-refractivity contribution in [2.75, 3.05) is 5.32 Å². The Balaban J connectivity index is 1.72. The van der Waals surface area contributed by atoms with Crippen LogP contribution in [-0.2, 0) is 0 Å². The third-order valence-corrected chi connectivity index (χ3v) is 5.29. The average Bonchev–Trinajstić information content (AvgIpc) is 3.01. The maximum absolute atomic E-state index is 12.4. The first-order valence-corrected chi connectivity index (χ1v) is 8.69. The summed E-state index contributed by atoms with van der Waals surface area (Å²) in [5.41, 5.74) is 0.117. The molecule has 0 aliphatic heterocycles. The molecule has 4 rings (SSSR count). The number of carbonyl (C=O) groups excluding carboxylic acids is 1. The van der Waals surface area contributed by atoms with E-state index in [0.29, 0.717) is 31.7 Å². The Morgan fingerprint density at radius 2 is 1.96 bits per heavy atom. The molecule has 4 aromatic rings. The van der Waals surface area contributed by atoms with E-state index in [9.17, 15) is 9.59 Å². The molecule has 0 radical (unpaired) electrons. The number of halogens is 2. The summed E-state index contributed by atoms with van der Waals surface area (Å²) in [6.45, 7) is 0. The lowest BCUT2D eigenvalue weighted by atomic mass is 10.2. The Morgan fingerprint density at radius 1 is 1.16 bits per heavy atom. The summed E-state index contributed by atoms with van der Waals surface area (Å²) in [5.74, 6) is -0.597. The van der Waals surface area contributed by atoms with Crippen molar-refractivity contribution >= 4 is 66.8 Å². The Bertz CT molecular complexity index is 1200. The fraction of sp³-hybridized carbons (Fsp3) is 0. The first-order chi connectivity index (χ1) is 12.0. The van der Waals surface area contributed by atoms with E-state index in [1.807, 2.05) is 0 Å². The molecule has 0 aliphatic carbocycles. The molecule has 25 heavy (non-hydrogen) atoms. The van der Waals surface area contributed by atoms with Crippen molar-refractivity contribution in [3.63, 3.8) is 0 Å². The molecule has 0 saturated carbocycles. The van der Waals surface area contributed by atoms with Crippen LogP contribution in [0, 0.1) is 0 Å². The maximum atomic E-state index is 12.4. The smallest absolute Gasteiger partial charge is 0.349 e. The number of hydrogen-bond acceptors (Lipinski definition) is 5. The minimum Gasteiger partial charge on any atom is -0.422 e. The molecule has 0 atom stereocenters. The molecule has 0 spiro atoms. The number of benzene rings is 2. The van der Waals surface area contributed by atoms with Gasteiger partial charge in [-0.2, -0.15) is 0 Å². The summed E-state index contributed by atoms with van der Waals surface area (Å²) in [5, 5.41) is 4.28. The number of hydrogen-bond donors (Lipinski definition) is 1. The van der Waals surface area contributed by atoms with Gasteiger partial charge in [-0.05, 0) is 24.3 Å². The van der Waals surface area contributed by atoms with Gasteiger partial charge >= 0.3 is 5.63 Å². The molecular formula is C17H8Cl2N2O3S. The van der Waals surface area contributed by atoms with E-state index in [2.05, 4.69) is 10.3 Å². The number of fused-ring (bicyclic) bond motifs is 2. The zero-order chi connectivity index (χ0) is 17.6. The molecule has 0 saturated heterocycles. The molecule has 8 heteroatoms. The standard InChI is InChI=1S/C17H8Cl2N2O3S/c18-10-5-6-12-14(13(10)19)20-17(25-12)21-15(22)9-7-8-3-1-2-4-11(8)24-16(9)23/h1-7H,(H,20,21,22). The minimum atomic E-state index is -0.710. The third-order valence-electron chi connectivity index (χ3n) is 3.56. The van der Waals surface area contributed by atoms with Crippen molar-refractivity contribution in [2.45, 2.75) is 0 Å². The highest BCUT2D eigenvalue weighted by Gasteiger charge is 2.17. The molecule has 0 bridgehead atoms. The van der Waals surface area contributed by atoms with Gasteiger partial charge in [0.2, 0.25) is 0 Å². The average molecular weight is 391 g/mol. The Labute approximate surface area is 154 Å². The molecule has 2 heterocycles. The van der Waals surface area contributed by atoms with E-state index in [0.717, 1.165) is 4.70 Å². The molecular weight excluding hydrogens is 383 g/mol. The van der Waals surface area contributed by atoms with Gasteiger partial charge in [0.1, 0.15) is 16.7 Å². The summed E-state index contributed by atoms with van der Waals surface area (Å²) in [6.07, 6.45) is 0. The van der Waals surface area contributed by atoms with E-state index < -0.39 is 11.5 Å². The second-order valence-electron chi connectivity index (χ2n) is 5.17. The molecule has 0 unspecified atom stereocenters. The zero-order valence-corrected chi connectivity index (χ0v) is 14.7. The predicted octanol–water partition coefficient (Wildman–Crippen LogP) is 4.96. The number of para-hydroxylation sites is 1. The summed E-state index contributed by atoms with van der Waals surface area (Å²) in [4.78, 5) is 28.8. The van der Waals surface area contributed by atoms with E-state index in [4.69, 9.17) is 27.6 Å². The van der Waals surface area contributed by atoms with Crippen LogP contribution in [0.2, 0.25) is 10.0 Å². The fourth-order valence-electron chi connectivity index (χ4n) is 2.38. The van der Waals surface area contributed by atoms with Crippen LogP contribution in [0.4, 0.5) is 5.13 Å². The number of rotatable bonds is 2. The lowest BCUT2D eigenvalue weighted by molar-refractivity contribution is 0.102. The number of thiazole rings is 1. The topological polar surface area (TPSA) is 72.2 Å². The largest absolute Gasteiger partial charge is 0.422 e. The SMILES string of the molecule is O=C(Nc1nc2c(Cl)c(Cl)ccc2s1)c1cc2ccccc2oc1=O. The molecule has 1 N–H and O–H groups in total. The second kappa shape index (κ2) is 6.15. The highest BCUT2D eigenvalue weighted by Crippen LogP contribution is 2.35. The third kappa shape index (κ3) is 2.89. The molecule has 2 aromatic heterocycles. The van der Waals surface area contributed by atoms with Crippen LogP contribution in [0.5, 0.6) is 0 Å². The van der Waals surface area contributed by atoms with Crippen molar-refractivity contribution in [1.82, 2.24) is 4.98 Å². The minimum absolute atomic E-state index is 0.0953. The summed E-state index contributed by atoms with van der Waals surface area (Å²) in [6, 6.07) is 11.9. The van der Waals surface area contributed by atoms with Gasteiger partial charge in [-0.1, -0.05) is 52.7 Å². The van der Waals surface area contributed by atoms with Crippen molar-refractivity contribution in [1.29, 1.82) is 0 Å². The van der Waals surface area contributed by atoms with Crippen LogP contribution in [0.15, 0.2) is 51.7 Å². The Kier molecular flexibility index (Phi) is 3.95. The van der Waals surface area contributed by atoms with Gasteiger partial charge in [0.15, 0.2) is 5.13 Å². The van der Waals surface area contributed by atoms with Crippen LogP contribution < -0.4 is 10.9 Å². The maximum Gasteiger partial charge on any atom is 0.349 e. The van der Waals surface area contributed by atoms with Crippen LogP contribution in [0.25, 0.3) is 21.2 Å². The van der Waals surface area contributed by atoms with E-state index >= 15 is 0 Å². The van der Waals surface area contributed by atoms with Crippen molar-refractivity contribution in [3.05, 3.63) is 68.5 Å². The van der Waals surface area contributed by atoms with Gasteiger partial charge < -0.3 is 4.42 Å². The van der Waals surface area contributed by atoms with E-state index in [1.165, 1.54) is 17.4 Å². The lowest BCUT2D eigenvalue weighted by Gasteiger charge is -2.02. The summed E-state index contributed by atoms with van der Waals surface area (Å²) < 4.78 is 5.95. The molecule has 1 amide bonds. The van der Waals surface area contributed by atoms with Gasteiger partial charge in [-0.3, -0.25) is 10.1 Å². The Hall–Kier alpha value is -2.41. The molecule has 0 aliphatic rings. The van der Waals surface area contributed by atoms with Gasteiger partial charge in [-0.15, -0.1) is 0 Å². The van der Waals surface area contributed by atoms with Gasteiger partial charge in [-0.25, -0.2) is 9.78 Å². The quantitative estimate of drug-likeness (QED) is 0.490. The van der Waals surface area contributed by atoms with Crippen molar-refractivity contribution < 1.29 is 9.21 Å². The van der Waals surface area contributed by atoms with Crippen molar-refractivity contribution in [3.8, 4) is 0 Å². The molecule has 124 valence electrons. The van der Waals surface area contributed by atoms with Crippen LogP contribution in [0.1, 0.15) is 10.4 Å². The number of anilines is 1. The lowest BCUT2D eigenvalue weighted by Crippen LogP contribution is -2.20. The number of aromatic nitrogens is 1. The monoisotopic (exact) mass is 390 g/mol. The zero-order valence-electron chi connectivity index (χ0n) is 12.4. The molecule has 0 fully saturated rings. The van der Waals surface area contributed by atoms with Gasteiger partial charge in [0.05, 0.1) is 14.7 Å². The van der Waals surface area contributed by atoms with Gasteiger partial charge in [0, 0.05) is 5.39 Å². The van der Waals surface area contributed by atoms with Gasteiger partial charge in [0.25, 0.3) is 5.91 Å². The fourth-order valence-corrected chi connectivity index (χ4v) is 3.66. The van der Waals surface area contributed by atoms with Crippen LogP contribution in [0.3, 0.4) is 0 Å². The number of amides is 1. The van der Waals surface area contributed by atoms with Crippen LogP contribution in [-0.4, -0.2) is 10.9 Å². The normalized spacial score (nSPS) is 11.1.